The number of hydrogen-bond acceptors (Lipinski definition) is 7. The molecule has 3 heterocycles. The molecule has 1 aromatic heterocycles. The number of amides is 1. The number of anilines is 1. The molecule has 1 saturated heterocycles. The van der Waals surface area contributed by atoms with E-state index >= 15 is 0 Å². The van der Waals surface area contributed by atoms with Gasteiger partial charge in [-0.3, -0.25) is 9.69 Å². The van der Waals surface area contributed by atoms with E-state index < -0.39 is 0 Å². The van der Waals surface area contributed by atoms with Crippen LogP contribution in [0.4, 0.5) is 5.13 Å². The molecular weight excluding hydrogens is 424 g/mol. The van der Waals surface area contributed by atoms with E-state index in [4.69, 9.17) is 9.47 Å². The molecule has 0 bridgehead atoms. The van der Waals surface area contributed by atoms with Gasteiger partial charge in [0.15, 0.2) is 16.6 Å². The van der Waals surface area contributed by atoms with Gasteiger partial charge >= 0.3 is 0 Å². The summed E-state index contributed by atoms with van der Waals surface area (Å²) >= 11 is 1.46. The molecule has 0 spiro atoms. The quantitative estimate of drug-likeness (QED) is 0.618. The van der Waals surface area contributed by atoms with Gasteiger partial charge in [0.25, 0.3) is 5.91 Å². The fraction of sp³-hybridized carbons (Fsp3) is 0.333. The molecule has 3 aromatic rings. The summed E-state index contributed by atoms with van der Waals surface area (Å²) in [5.74, 6) is 1.57. The minimum Gasteiger partial charge on any atom is -0.454 e. The van der Waals surface area contributed by atoms with Crippen molar-refractivity contribution in [2.75, 3.05) is 37.9 Å². The number of fused-ring (bicyclic) bond motifs is 1. The topological polar surface area (TPSA) is 66.9 Å². The van der Waals surface area contributed by atoms with E-state index in [0.29, 0.717) is 24.3 Å². The Morgan fingerprint density at radius 1 is 1.09 bits per heavy atom. The summed E-state index contributed by atoms with van der Waals surface area (Å²) in [6.45, 7) is 6.68. The van der Waals surface area contributed by atoms with Crippen LogP contribution in [0.5, 0.6) is 11.5 Å². The lowest BCUT2D eigenvalue weighted by atomic mass is 10.1. The maximum absolute atomic E-state index is 12.5. The Bertz CT molecular complexity index is 1080. The molecule has 0 aliphatic carbocycles. The SMILES string of the molecule is CC(c1ccc2c(c1)OCO2)N1CCN(c2ncc(C(=O)NCc3ccccc3)s2)CC1. The molecule has 5 rings (SSSR count). The first-order chi connectivity index (χ1) is 15.7. The second kappa shape index (κ2) is 9.18. The van der Waals surface area contributed by atoms with Crippen LogP contribution in [0, 0.1) is 0 Å². The lowest BCUT2D eigenvalue weighted by molar-refractivity contribution is 0.0954. The van der Waals surface area contributed by atoms with E-state index in [-0.39, 0.29) is 5.91 Å². The van der Waals surface area contributed by atoms with E-state index in [1.807, 2.05) is 36.4 Å². The summed E-state index contributed by atoms with van der Waals surface area (Å²) in [5.41, 5.74) is 2.31. The monoisotopic (exact) mass is 450 g/mol. The van der Waals surface area contributed by atoms with Crippen molar-refractivity contribution in [3.8, 4) is 11.5 Å². The van der Waals surface area contributed by atoms with Crippen LogP contribution in [0.25, 0.3) is 0 Å². The number of piperazine rings is 1. The zero-order valence-corrected chi connectivity index (χ0v) is 18.8. The Morgan fingerprint density at radius 2 is 1.88 bits per heavy atom. The average molecular weight is 451 g/mol. The van der Waals surface area contributed by atoms with Gasteiger partial charge in [-0.25, -0.2) is 4.98 Å². The predicted molar refractivity (Wildman–Crippen MR) is 124 cm³/mol. The molecule has 166 valence electrons. The second-order valence-corrected chi connectivity index (χ2v) is 9.00. The van der Waals surface area contributed by atoms with Crippen LogP contribution in [0.3, 0.4) is 0 Å². The second-order valence-electron chi connectivity index (χ2n) is 7.99. The molecule has 1 unspecified atom stereocenters. The highest BCUT2D eigenvalue weighted by molar-refractivity contribution is 7.17. The lowest BCUT2D eigenvalue weighted by Crippen LogP contribution is -2.47. The highest BCUT2D eigenvalue weighted by Crippen LogP contribution is 2.35. The van der Waals surface area contributed by atoms with Crippen molar-refractivity contribution in [3.63, 3.8) is 0 Å². The van der Waals surface area contributed by atoms with Crippen LogP contribution in [0.2, 0.25) is 0 Å². The third-order valence-corrected chi connectivity index (χ3v) is 7.08. The molecule has 8 heteroatoms. The lowest BCUT2D eigenvalue weighted by Gasteiger charge is -2.38. The molecule has 32 heavy (non-hydrogen) atoms. The number of aromatic nitrogens is 1. The van der Waals surface area contributed by atoms with Gasteiger partial charge in [0.2, 0.25) is 6.79 Å². The van der Waals surface area contributed by atoms with Gasteiger partial charge in [-0.2, -0.15) is 0 Å². The van der Waals surface area contributed by atoms with Crippen molar-refractivity contribution in [3.05, 3.63) is 70.7 Å². The summed E-state index contributed by atoms with van der Waals surface area (Å²) in [6, 6.07) is 16.4. The van der Waals surface area contributed by atoms with Crippen molar-refractivity contribution in [1.29, 1.82) is 0 Å². The number of rotatable bonds is 6. The molecule has 2 aliphatic heterocycles. The first kappa shape index (κ1) is 20.8. The summed E-state index contributed by atoms with van der Waals surface area (Å²) in [6.07, 6.45) is 1.68. The van der Waals surface area contributed by atoms with Crippen LogP contribution in [0.15, 0.2) is 54.7 Å². The number of carbonyl (C=O) groups is 1. The standard InChI is InChI=1S/C24H26N4O3S/c1-17(19-7-8-20-21(13-19)31-16-30-20)27-9-11-28(12-10-27)24-26-15-22(32-24)23(29)25-14-18-5-3-2-4-6-18/h2-8,13,15,17H,9-12,14,16H2,1H3,(H,25,29). The molecule has 1 fully saturated rings. The average Bonchev–Trinajstić information content (AvgIpc) is 3.52. The number of carbonyl (C=O) groups excluding carboxylic acids is 1. The van der Waals surface area contributed by atoms with Crippen LogP contribution in [-0.2, 0) is 6.54 Å². The van der Waals surface area contributed by atoms with Crippen LogP contribution < -0.4 is 19.7 Å². The first-order valence-corrected chi connectivity index (χ1v) is 11.7. The fourth-order valence-corrected chi connectivity index (χ4v) is 4.95. The number of ether oxygens (including phenoxy) is 2. The van der Waals surface area contributed by atoms with Crippen LogP contribution in [0.1, 0.15) is 33.8 Å². The third kappa shape index (κ3) is 4.42. The van der Waals surface area contributed by atoms with Gasteiger partial charge < -0.3 is 19.7 Å². The predicted octanol–water partition coefficient (Wildman–Crippen LogP) is 3.69. The normalized spacial score (nSPS) is 16.7. The highest BCUT2D eigenvalue weighted by Gasteiger charge is 2.25. The van der Waals surface area contributed by atoms with Gasteiger partial charge in [-0.15, -0.1) is 0 Å². The van der Waals surface area contributed by atoms with E-state index in [2.05, 4.69) is 39.2 Å². The maximum Gasteiger partial charge on any atom is 0.263 e. The van der Waals surface area contributed by atoms with Crippen LogP contribution >= 0.6 is 11.3 Å². The molecule has 2 aliphatic rings. The van der Waals surface area contributed by atoms with Crippen molar-refractivity contribution in [2.45, 2.75) is 19.5 Å². The van der Waals surface area contributed by atoms with Gasteiger partial charge in [0.1, 0.15) is 4.88 Å². The molecule has 7 nitrogen and oxygen atoms in total. The van der Waals surface area contributed by atoms with Gasteiger partial charge in [-0.1, -0.05) is 47.7 Å². The number of nitrogens with one attached hydrogen (secondary N) is 1. The number of benzene rings is 2. The van der Waals surface area contributed by atoms with Gasteiger partial charge in [0.05, 0.1) is 6.20 Å². The van der Waals surface area contributed by atoms with E-state index in [9.17, 15) is 4.79 Å². The number of hydrogen-bond donors (Lipinski definition) is 1. The minimum atomic E-state index is -0.0762. The van der Waals surface area contributed by atoms with E-state index in [1.165, 1.54) is 16.9 Å². The zero-order valence-electron chi connectivity index (χ0n) is 18.0. The highest BCUT2D eigenvalue weighted by atomic mass is 32.1. The molecule has 1 amide bonds. The summed E-state index contributed by atoms with van der Waals surface area (Å²) in [5, 5.41) is 3.88. The van der Waals surface area contributed by atoms with Gasteiger partial charge in [-0.05, 0) is 30.2 Å². The largest absolute Gasteiger partial charge is 0.454 e. The van der Waals surface area contributed by atoms with Crippen molar-refractivity contribution >= 4 is 22.4 Å². The number of nitrogens with zero attached hydrogens (tertiary/aromatic N) is 3. The molecule has 0 radical (unpaired) electrons. The Morgan fingerprint density at radius 3 is 2.69 bits per heavy atom. The molecule has 0 saturated carbocycles. The van der Waals surface area contributed by atoms with E-state index in [0.717, 1.165) is 48.4 Å². The Kier molecular flexibility index (Phi) is 5.96. The van der Waals surface area contributed by atoms with E-state index in [1.54, 1.807) is 6.20 Å². The molecule has 1 N–H and O–H groups in total. The third-order valence-electron chi connectivity index (χ3n) is 6.02. The Hall–Kier alpha value is -3.10. The smallest absolute Gasteiger partial charge is 0.263 e. The molecule has 2 aromatic carbocycles. The zero-order chi connectivity index (χ0) is 21.9. The Labute approximate surface area is 191 Å². The van der Waals surface area contributed by atoms with Gasteiger partial charge in [0, 0.05) is 38.8 Å². The number of thiazole rings is 1. The van der Waals surface area contributed by atoms with Crippen molar-refractivity contribution in [2.24, 2.45) is 0 Å². The first-order valence-electron chi connectivity index (χ1n) is 10.8. The van der Waals surface area contributed by atoms with Crippen LogP contribution in [-0.4, -0.2) is 48.8 Å². The summed E-state index contributed by atoms with van der Waals surface area (Å²) < 4.78 is 10.9. The summed E-state index contributed by atoms with van der Waals surface area (Å²) in [4.78, 5) is 22.4. The fourth-order valence-electron chi connectivity index (χ4n) is 4.07. The minimum absolute atomic E-state index is 0.0762. The summed E-state index contributed by atoms with van der Waals surface area (Å²) in [7, 11) is 0. The molecular formula is C24H26N4O3S. The van der Waals surface area contributed by atoms with Crippen molar-refractivity contribution < 1.29 is 14.3 Å². The Balaban J connectivity index is 1.15. The maximum atomic E-state index is 12.5. The molecule has 1 atom stereocenters. The van der Waals surface area contributed by atoms with Crippen molar-refractivity contribution in [1.82, 2.24) is 15.2 Å².